The molecule has 0 spiro atoms. The summed E-state index contributed by atoms with van der Waals surface area (Å²) in [7, 11) is 0. The molecule has 0 aliphatic heterocycles. The SMILES string of the molecule is OCc1nnn(-c2nccs2)c1-c1ccc(F)c(F)c1F. The normalized spacial score (nSPS) is 11.0. The molecule has 9 heteroatoms. The molecular formula is C12H7F3N4OS. The lowest BCUT2D eigenvalue weighted by Crippen LogP contribution is -2.03. The molecule has 0 radical (unpaired) electrons. The lowest BCUT2D eigenvalue weighted by atomic mass is 10.1. The van der Waals surface area contributed by atoms with Gasteiger partial charge in [-0.2, -0.15) is 4.68 Å². The molecule has 1 aromatic carbocycles. The number of thiazole rings is 1. The van der Waals surface area contributed by atoms with Crippen LogP contribution in [0.2, 0.25) is 0 Å². The number of hydrogen-bond acceptors (Lipinski definition) is 5. The van der Waals surface area contributed by atoms with Crippen LogP contribution in [0.25, 0.3) is 16.4 Å². The Bertz CT molecular complexity index is 788. The first-order chi connectivity index (χ1) is 10.1. The molecular weight excluding hydrogens is 305 g/mol. The van der Waals surface area contributed by atoms with Gasteiger partial charge in [-0.25, -0.2) is 18.2 Å². The van der Waals surface area contributed by atoms with Crippen molar-refractivity contribution in [1.82, 2.24) is 20.0 Å². The van der Waals surface area contributed by atoms with Gasteiger partial charge in [-0.05, 0) is 12.1 Å². The van der Waals surface area contributed by atoms with Gasteiger partial charge < -0.3 is 5.11 Å². The van der Waals surface area contributed by atoms with Crippen molar-refractivity contribution in [2.75, 3.05) is 0 Å². The van der Waals surface area contributed by atoms with Crippen molar-refractivity contribution < 1.29 is 18.3 Å². The molecule has 21 heavy (non-hydrogen) atoms. The second kappa shape index (κ2) is 5.26. The van der Waals surface area contributed by atoms with Gasteiger partial charge in [0.2, 0.25) is 5.13 Å². The van der Waals surface area contributed by atoms with Gasteiger partial charge in [0.15, 0.2) is 17.5 Å². The molecule has 3 rings (SSSR count). The molecule has 0 saturated carbocycles. The Morgan fingerprint density at radius 2 is 2.00 bits per heavy atom. The van der Waals surface area contributed by atoms with E-state index >= 15 is 0 Å². The fraction of sp³-hybridized carbons (Fsp3) is 0.0833. The Kier molecular flexibility index (Phi) is 3.43. The summed E-state index contributed by atoms with van der Waals surface area (Å²) in [5, 5.41) is 18.8. The zero-order valence-electron chi connectivity index (χ0n) is 10.3. The quantitative estimate of drug-likeness (QED) is 0.754. The summed E-state index contributed by atoms with van der Waals surface area (Å²) in [5.74, 6) is -4.26. The summed E-state index contributed by atoms with van der Waals surface area (Å²) in [4.78, 5) is 4.00. The van der Waals surface area contributed by atoms with Crippen molar-refractivity contribution in [2.45, 2.75) is 6.61 Å². The van der Waals surface area contributed by atoms with Gasteiger partial charge in [-0.3, -0.25) is 0 Å². The minimum Gasteiger partial charge on any atom is -0.390 e. The zero-order chi connectivity index (χ0) is 15.0. The van der Waals surface area contributed by atoms with Crippen molar-refractivity contribution >= 4 is 11.3 Å². The van der Waals surface area contributed by atoms with Gasteiger partial charge in [0.05, 0.1) is 6.61 Å². The van der Waals surface area contributed by atoms with Gasteiger partial charge >= 0.3 is 0 Å². The molecule has 0 aliphatic rings. The first kappa shape index (κ1) is 13.7. The fourth-order valence-electron chi connectivity index (χ4n) is 1.85. The number of nitrogens with zero attached hydrogens (tertiary/aromatic N) is 4. The van der Waals surface area contributed by atoms with Gasteiger partial charge in [0.25, 0.3) is 0 Å². The number of halogens is 3. The van der Waals surface area contributed by atoms with E-state index in [9.17, 15) is 18.3 Å². The van der Waals surface area contributed by atoms with Crippen LogP contribution in [-0.4, -0.2) is 25.1 Å². The van der Waals surface area contributed by atoms with Gasteiger partial charge in [0.1, 0.15) is 11.4 Å². The molecule has 0 bridgehead atoms. The highest BCUT2D eigenvalue weighted by molar-refractivity contribution is 7.12. The molecule has 2 heterocycles. The van der Waals surface area contributed by atoms with Crippen LogP contribution in [0.5, 0.6) is 0 Å². The predicted molar refractivity (Wildman–Crippen MR) is 68.3 cm³/mol. The van der Waals surface area contributed by atoms with E-state index in [1.807, 2.05) is 0 Å². The predicted octanol–water partition coefficient (Wildman–Crippen LogP) is 2.30. The summed E-state index contributed by atoms with van der Waals surface area (Å²) < 4.78 is 41.6. The highest BCUT2D eigenvalue weighted by Crippen LogP contribution is 2.30. The van der Waals surface area contributed by atoms with E-state index < -0.39 is 24.1 Å². The van der Waals surface area contributed by atoms with E-state index in [-0.39, 0.29) is 17.0 Å². The number of aromatic nitrogens is 4. The third kappa shape index (κ3) is 2.20. The molecule has 3 aromatic rings. The summed E-state index contributed by atoms with van der Waals surface area (Å²) >= 11 is 1.20. The molecule has 0 unspecified atom stereocenters. The van der Waals surface area contributed by atoms with Crippen LogP contribution in [0.15, 0.2) is 23.7 Å². The molecule has 5 nitrogen and oxygen atoms in total. The Hall–Kier alpha value is -2.26. The van der Waals surface area contributed by atoms with Crippen molar-refractivity contribution in [3.05, 3.63) is 46.9 Å². The molecule has 0 saturated heterocycles. The standard InChI is InChI=1S/C12H7F3N4OS/c13-7-2-1-6(9(14)10(7)15)11-8(5-20)17-18-19(11)12-16-3-4-21-12/h1-4,20H,5H2. The number of aliphatic hydroxyl groups excluding tert-OH is 1. The van der Waals surface area contributed by atoms with E-state index in [4.69, 9.17) is 0 Å². The first-order valence-electron chi connectivity index (χ1n) is 5.72. The van der Waals surface area contributed by atoms with Crippen LogP contribution in [0.3, 0.4) is 0 Å². The Morgan fingerprint density at radius 3 is 2.67 bits per heavy atom. The van der Waals surface area contributed by atoms with Crippen LogP contribution in [-0.2, 0) is 6.61 Å². The van der Waals surface area contributed by atoms with Crippen LogP contribution in [0.1, 0.15) is 5.69 Å². The van der Waals surface area contributed by atoms with Crippen LogP contribution >= 0.6 is 11.3 Å². The number of rotatable bonds is 3. The maximum atomic E-state index is 14.0. The van der Waals surface area contributed by atoms with Crippen molar-refractivity contribution in [1.29, 1.82) is 0 Å². The van der Waals surface area contributed by atoms with Crippen LogP contribution in [0, 0.1) is 17.5 Å². The second-order valence-corrected chi connectivity index (χ2v) is 4.87. The Morgan fingerprint density at radius 1 is 1.19 bits per heavy atom. The second-order valence-electron chi connectivity index (χ2n) is 3.99. The summed E-state index contributed by atoms with van der Waals surface area (Å²) in [5.41, 5.74) is -0.183. The van der Waals surface area contributed by atoms with Crippen LogP contribution < -0.4 is 0 Å². The number of hydrogen-bond donors (Lipinski definition) is 1. The lowest BCUT2D eigenvalue weighted by molar-refractivity contribution is 0.277. The van der Waals surface area contributed by atoms with E-state index in [1.165, 1.54) is 22.2 Å². The third-order valence-corrected chi connectivity index (χ3v) is 3.53. The summed E-state index contributed by atoms with van der Waals surface area (Å²) in [6.07, 6.45) is 1.51. The third-order valence-electron chi connectivity index (χ3n) is 2.78. The zero-order valence-corrected chi connectivity index (χ0v) is 11.1. The molecule has 0 fully saturated rings. The molecule has 0 amide bonds. The van der Waals surface area contributed by atoms with Gasteiger partial charge in [-0.1, -0.05) is 5.21 Å². The maximum Gasteiger partial charge on any atom is 0.212 e. The topological polar surface area (TPSA) is 63.8 Å². The highest BCUT2D eigenvalue weighted by atomic mass is 32.1. The smallest absolute Gasteiger partial charge is 0.212 e. The molecule has 108 valence electrons. The minimum atomic E-state index is -1.59. The minimum absolute atomic E-state index is 0.0313. The highest BCUT2D eigenvalue weighted by Gasteiger charge is 2.23. The van der Waals surface area contributed by atoms with Crippen LogP contribution in [0.4, 0.5) is 13.2 Å². The Balaban J connectivity index is 2.27. The van der Waals surface area contributed by atoms with Crippen molar-refractivity contribution in [3.8, 4) is 16.4 Å². The molecule has 0 atom stereocenters. The Labute approximate surface area is 120 Å². The molecule has 0 aliphatic carbocycles. The maximum absolute atomic E-state index is 14.0. The van der Waals surface area contributed by atoms with Gasteiger partial charge in [0, 0.05) is 17.1 Å². The number of benzene rings is 1. The first-order valence-corrected chi connectivity index (χ1v) is 6.60. The van der Waals surface area contributed by atoms with E-state index in [0.29, 0.717) is 5.13 Å². The average molecular weight is 312 g/mol. The molecule has 1 N–H and O–H groups in total. The lowest BCUT2D eigenvalue weighted by Gasteiger charge is -2.07. The largest absolute Gasteiger partial charge is 0.390 e. The molecule has 2 aromatic heterocycles. The van der Waals surface area contributed by atoms with E-state index in [1.54, 1.807) is 5.38 Å². The summed E-state index contributed by atoms with van der Waals surface area (Å²) in [6, 6.07) is 1.86. The number of aliphatic hydroxyl groups is 1. The fourth-order valence-corrected chi connectivity index (χ4v) is 2.45. The van der Waals surface area contributed by atoms with Crippen molar-refractivity contribution in [2.24, 2.45) is 0 Å². The van der Waals surface area contributed by atoms with Gasteiger partial charge in [-0.15, -0.1) is 16.4 Å². The summed E-state index contributed by atoms with van der Waals surface area (Å²) in [6.45, 7) is -0.529. The van der Waals surface area contributed by atoms with Crippen molar-refractivity contribution in [3.63, 3.8) is 0 Å². The monoisotopic (exact) mass is 312 g/mol. The average Bonchev–Trinajstić information content (AvgIpc) is 3.13. The van der Waals surface area contributed by atoms with E-state index in [0.717, 1.165) is 12.1 Å². The van der Waals surface area contributed by atoms with E-state index in [2.05, 4.69) is 15.3 Å².